The predicted molar refractivity (Wildman–Crippen MR) is 80.3 cm³/mol. The number of benzene rings is 2. The van der Waals surface area contributed by atoms with Crippen molar-refractivity contribution in [1.29, 1.82) is 5.26 Å². The molecule has 0 fully saturated rings. The van der Waals surface area contributed by atoms with Crippen LogP contribution in [0.3, 0.4) is 0 Å². The fraction of sp³-hybridized carbons (Fsp3) is 0.188. The van der Waals surface area contributed by atoms with E-state index in [0.717, 1.165) is 5.56 Å². The Bertz CT molecular complexity index is 686. The number of rotatable bonds is 6. The minimum Gasteiger partial charge on any atom is -0.496 e. The van der Waals surface area contributed by atoms with E-state index in [4.69, 9.17) is 14.7 Å². The van der Waals surface area contributed by atoms with Gasteiger partial charge in [-0.1, -0.05) is 23.9 Å². The third-order valence-corrected chi connectivity index (χ3v) is 3.58. The lowest BCUT2D eigenvalue weighted by Gasteiger charge is -2.11. The molecule has 0 amide bonds. The average molecular weight is 321 g/mol. The lowest BCUT2D eigenvalue weighted by atomic mass is 10.2. The van der Waals surface area contributed by atoms with Gasteiger partial charge in [-0.2, -0.15) is 14.0 Å². The standard InChI is InChI=1S/C16H13F2NO2S/c1-20-14-8-12(5-6-15(14)22-16(17)18)10-21-13-4-2-3-11(7-13)9-19/h2-8,16H,10H2,1H3. The maximum absolute atomic E-state index is 12.4. The van der Waals surface area contributed by atoms with Crippen LogP contribution in [0.2, 0.25) is 0 Å². The summed E-state index contributed by atoms with van der Waals surface area (Å²) in [5, 5.41) is 8.83. The maximum Gasteiger partial charge on any atom is 0.289 e. The van der Waals surface area contributed by atoms with Gasteiger partial charge >= 0.3 is 0 Å². The summed E-state index contributed by atoms with van der Waals surface area (Å²) >= 11 is 0.443. The number of ether oxygens (including phenoxy) is 2. The van der Waals surface area contributed by atoms with Crippen LogP contribution in [0.5, 0.6) is 11.5 Å². The summed E-state index contributed by atoms with van der Waals surface area (Å²) in [6.07, 6.45) is 0. The van der Waals surface area contributed by atoms with Crippen molar-refractivity contribution in [2.24, 2.45) is 0 Å². The molecule has 0 aliphatic heterocycles. The first-order valence-electron chi connectivity index (χ1n) is 6.37. The smallest absolute Gasteiger partial charge is 0.289 e. The largest absolute Gasteiger partial charge is 0.496 e. The summed E-state index contributed by atoms with van der Waals surface area (Å²) in [5.41, 5.74) is 1.30. The van der Waals surface area contributed by atoms with Crippen LogP contribution in [0.4, 0.5) is 8.78 Å². The summed E-state index contributed by atoms with van der Waals surface area (Å²) < 4.78 is 35.6. The highest BCUT2D eigenvalue weighted by Gasteiger charge is 2.11. The second-order valence-electron chi connectivity index (χ2n) is 4.29. The van der Waals surface area contributed by atoms with Gasteiger partial charge in [-0.15, -0.1) is 0 Å². The Morgan fingerprint density at radius 3 is 2.73 bits per heavy atom. The first-order valence-corrected chi connectivity index (χ1v) is 7.25. The molecule has 0 aromatic heterocycles. The highest BCUT2D eigenvalue weighted by molar-refractivity contribution is 7.99. The monoisotopic (exact) mass is 321 g/mol. The van der Waals surface area contributed by atoms with Gasteiger partial charge in [0.2, 0.25) is 0 Å². The molecule has 2 aromatic carbocycles. The van der Waals surface area contributed by atoms with Crippen molar-refractivity contribution in [3.8, 4) is 17.6 Å². The average Bonchev–Trinajstić information content (AvgIpc) is 2.53. The van der Waals surface area contributed by atoms with E-state index in [1.165, 1.54) is 7.11 Å². The molecule has 0 bridgehead atoms. The molecule has 114 valence electrons. The summed E-state index contributed by atoms with van der Waals surface area (Å²) in [5.74, 6) is -1.54. The number of hydrogen-bond donors (Lipinski definition) is 0. The Morgan fingerprint density at radius 1 is 1.23 bits per heavy atom. The van der Waals surface area contributed by atoms with Gasteiger partial charge in [0.1, 0.15) is 18.1 Å². The van der Waals surface area contributed by atoms with Gasteiger partial charge in [-0.3, -0.25) is 0 Å². The molecule has 0 spiro atoms. The Kier molecular flexibility index (Phi) is 5.61. The van der Waals surface area contributed by atoms with Crippen LogP contribution >= 0.6 is 11.8 Å². The van der Waals surface area contributed by atoms with Gasteiger partial charge in [-0.05, 0) is 35.9 Å². The lowest BCUT2D eigenvalue weighted by molar-refractivity contribution is 0.251. The molecule has 0 radical (unpaired) electrons. The molecule has 3 nitrogen and oxygen atoms in total. The number of thioether (sulfide) groups is 1. The SMILES string of the molecule is COc1cc(COc2cccc(C#N)c2)ccc1SC(F)F. The molecule has 22 heavy (non-hydrogen) atoms. The van der Waals surface area contributed by atoms with Gasteiger partial charge in [0.15, 0.2) is 0 Å². The molecule has 0 saturated heterocycles. The second kappa shape index (κ2) is 7.66. The maximum atomic E-state index is 12.4. The third-order valence-electron chi connectivity index (χ3n) is 2.81. The van der Waals surface area contributed by atoms with Crippen molar-refractivity contribution >= 4 is 11.8 Å². The Labute approximate surface area is 131 Å². The van der Waals surface area contributed by atoms with E-state index >= 15 is 0 Å². The van der Waals surface area contributed by atoms with Crippen LogP contribution in [-0.4, -0.2) is 12.9 Å². The molecule has 2 aromatic rings. The number of halogens is 2. The highest BCUT2D eigenvalue weighted by Crippen LogP contribution is 2.34. The summed E-state index contributed by atoms with van der Waals surface area (Å²) in [6, 6.07) is 13.8. The summed E-state index contributed by atoms with van der Waals surface area (Å²) in [4.78, 5) is 0.382. The molecule has 0 aliphatic carbocycles. The summed E-state index contributed by atoms with van der Waals surface area (Å²) in [7, 11) is 1.44. The van der Waals surface area contributed by atoms with E-state index in [2.05, 4.69) is 0 Å². The molecule has 6 heteroatoms. The molecular weight excluding hydrogens is 308 g/mol. The van der Waals surface area contributed by atoms with E-state index in [1.54, 1.807) is 42.5 Å². The number of hydrogen-bond acceptors (Lipinski definition) is 4. The van der Waals surface area contributed by atoms with Gasteiger partial charge in [0.25, 0.3) is 5.76 Å². The second-order valence-corrected chi connectivity index (χ2v) is 5.32. The van der Waals surface area contributed by atoms with Crippen molar-refractivity contribution in [1.82, 2.24) is 0 Å². The molecule has 0 N–H and O–H groups in total. The fourth-order valence-electron chi connectivity index (χ4n) is 1.82. The molecular formula is C16H13F2NO2S. The molecule has 0 aliphatic rings. The van der Waals surface area contributed by atoms with Crippen LogP contribution in [0.25, 0.3) is 0 Å². The van der Waals surface area contributed by atoms with Crippen LogP contribution in [-0.2, 0) is 6.61 Å². The van der Waals surface area contributed by atoms with Crippen molar-refractivity contribution in [2.75, 3.05) is 7.11 Å². The van der Waals surface area contributed by atoms with E-state index in [-0.39, 0.29) is 6.61 Å². The third kappa shape index (κ3) is 4.37. The van der Waals surface area contributed by atoms with Crippen LogP contribution in [0.1, 0.15) is 11.1 Å². The van der Waals surface area contributed by atoms with Gasteiger partial charge in [0, 0.05) is 0 Å². The quantitative estimate of drug-likeness (QED) is 0.737. The zero-order chi connectivity index (χ0) is 15.9. The Balaban J connectivity index is 2.08. The minimum absolute atomic E-state index is 0.255. The number of alkyl halides is 2. The van der Waals surface area contributed by atoms with Crippen LogP contribution < -0.4 is 9.47 Å². The molecule has 2 rings (SSSR count). The molecule has 0 heterocycles. The van der Waals surface area contributed by atoms with Crippen LogP contribution in [0.15, 0.2) is 47.4 Å². The van der Waals surface area contributed by atoms with E-state index in [0.29, 0.717) is 33.7 Å². The molecule has 0 atom stereocenters. The van der Waals surface area contributed by atoms with Crippen LogP contribution in [0, 0.1) is 11.3 Å². The van der Waals surface area contributed by atoms with Crippen molar-refractivity contribution in [2.45, 2.75) is 17.3 Å². The van der Waals surface area contributed by atoms with E-state index in [9.17, 15) is 8.78 Å². The van der Waals surface area contributed by atoms with Gasteiger partial charge in [0.05, 0.1) is 23.6 Å². The Hall–Kier alpha value is -2.26. The number of methoxy groups -OCH3 is 1. The van der Waals surface area contributed by atoms with Gasteiger partial charge in [-0.25, -0.2) is 0 Å². The first-order chi connectivity index (χ1) is 10.6. The van der Waals surface area contributed by atoms with E-state index in [1.807, 2.05) is 6.07 Å². The fourth-order valence-corrected chi connectivity index (χ4v) is 2.41. The van der Waals surface area contributed by atoms with Gasteiger partial charge < -0.3 is 9.47 Å². The zero-order valence-electron chi connectivity index (χ0n) is 11.8. The lowest BCUT2D eigenvalue weighted by Crippen LogP contribution is -1.97. The number of nitriles is 1. The van der Waals surface area contributed by atoms with E-state index < -0.39 is 5.76 Å². The normalized spacial score (nSPS) is 10.3. The van der Waals surface area contributed by atoms with Crippen molar-refractivity contribution in [3.05, 3.63) is 53.6 Å². The highest BCUT2D eigenvalue weighted by atomic mass is 32.2. The zero-order valence-corrected chi connectivity index (χ0v) is 12.6. The minimum atomic E-state index is -2.50. The number of nitrogens with zero attached hydrogens (tertiary/aromatic N) is 1. The topological polar surface area (TPSA) is 42.2 Å². The predicted octanol–water partition coefficient (Wildman–Crippen LogP) is 4.46. The first kappa shape index (κ1) is 16.1. The Morgan fingerprint density at radius 2 is 2.05 bits per heavy atom. The molecule has 0 unspecified atom stereocenters. The summed E-state index contributed by atoms with van der Waals surface area (Å²) in [6.45, 7) is 0.255. The van der Waals surface area contributed by atoms with Crippen molar-refractivity contribution in [3.63, 3.8) is 0 Å². The molecule has 0 saturated carbocycles. The van der Waals surface area contributed by atoms with Crippen molar-refractivity contribution < 1.29 is 18.3 Å².